The highest BCUT2D eigenvalue weighted by atomic mass is 16.4. The number of rotatable bonds is 5. The van der Waals surface area contributed by atoms with Crippen molar-refractivity contribution in [3.63, 3.8) is 0 Å². The van der Waals surface area contributed by atoms with Gasteiger partial charge in [-0.2, -0.15) is 0 Å². The lowest BCUT2D eigenvalue weighted by Crippen LogP contribution is -2.48. The van der Waals surface area contributed by atoms with Gasteiger partial charge in [-0.25, -0.2) is 0 Å². The number of amidine groups is 1. The molecule has 0 saturated carbocycles. The van der Waals surface area contributed by atoms with Crippen LogP contribution in [0.15, 0.2) is 35.5 Å². The fourth-order valence-electron chi connectivity index (χ4n) is 2.55. The molecule has 5 nitrogen and oxygen atoms in total. The Morgan fingerprint density at radius 2 is 1.80 bits per heavy atom. The number of hydrogen-bond acceptors (Lipinski definition) is 4. The van der Waals surface area contributed by atoms with E-state index in [-0.39, 0.29) is 5.92 Å². The van der Waals surface area contributed by atoms with Crippen molar-refractivity contribution in [3.05, 3.63) is 35.9 Å². The lowest BCUT2D eigenvalue weighted by atomic mass is 10.1. The maximum atomic E-state index is 8.68. The van der Waals surface area contributed by atoms with Crippen LogP contribution in [-0.2, 0) is 6.54 Å². The van der Waals surface area contributed by atoms with E-state index in [0.29, 0.717) is 5.84 Å². The van der Waals surface area contributed by atoms with E-state index in [4.69, 9.17) is 10.9 Å². The number of nitrogens with two attached hydrogens (primary N) is 1. The second-order valence-electron chi connectivity index (χ2n) is 5.49. The SMILES string of the molecule is CC(CN1CCN(Cc2ccccc2)CC1)/C(N)=N/O. The largest absolute Gasteiger partial charge is 0.409 e. The maximum Gasteiger partial charge on any atom is 0.143 e. The summed E-state index contributed by atoms with van der Waals surface area (Å²) >= 11 is 0. The molecule has 1 unspecified atom stereocenters. The van der Waals surface area contributed by atoms with Gasteiger partial charge in [0, 0.05) is 45.2 Å². The molecule has 20 heavy (non-hydrogen) atoms. The summed E-state index contributed by atoms with van der Waals surface area (Å²) in [6.07, 6.45) is 0. The third kappa shape index (κ3) is 4.21. The average Bonchev–Trinajstić information content (AvgIpc) is 2.49. The molecule has 3 N–H and O–H groups in total. The quantitative estimate of drug-likeness (QED) is 0.367. The molecule has 1 saturated heterocycles. The van der Waals surface area contributed by atoms with E-state index in [1.54, 1.807) is 0 Å². The van der Waals surface area contributed by atoms with Crippen molar-refractivity contribution in [3.8, 4) is 0 Å². The molecule has 0 amide bonds. The molecule has 110 valence electrons. The minimum atomic E-state index is 0.0978. The van der Waals surface area contributed by atoms with E-state index in [2.05, 4.69) is 45.3 Å². The molecule has 5 heteroatoms. The van der Waals surface area contributed by atoms with Crippen LogP contribution in [0.25, 0.3) is 0 Å². The second-order valence-corrected chi connectivity index (χ2v) is 5.49. The number of piperazine rings is 1. The van der Waals surface area contributed by atoms with Crippen LogP contribution in [0, 0.1) is 5.92 Å². The lowest BCUT2D eigenvalue weighted by Gasteiger charge is -2.35. The van der Waals surface area contributed by atoms with E-state index in [1.165, 1.54) is 5.56 Å². The molecule has 0 aliphatic carbocycles. The maximum absolute atomic E-state index is 8.68. The predicted octanol–water partition coefficient (Wildman–Crippen LogP) is 1.19. The molecule has 1 heterocycles. The van der Waals surface area contributed by atoms with Gasteiger partial charge in [-0.3, -0.25) is 4.90 Å². The van der Waals surface area contributed by atoms with E-state index < -0.39 is 0 Å². The van der Waals surface area contributed by atoms with Gasteiger partial charge in [-0.05, 0) is 5.56 Å². The minimum Gasteiger partial charge on any atom is -0.409 e. The smallest absolute Gasteiger partial charge is 0.143 e. The van der Waals surface area contributed by atoms with Crippen molar-refractivity contribution in [2.45, 2.75) is 13.5 Å². The molecule has 1 atom stereocenters. The van der Waals surface area contributed by atoms with Crippen LogP contribution in [0.2, 0.25) is 0 Å². The molecule has 1 aromatic carbocycles. The normalized spacial score (nSPS) is 19.9. The van der Waals surface area contributed by atoms with Crippen molar-refractivity contribution < 1.29 is 5.21 Å². The fraction of sp³-hybridized carbons (Fsp3) is 0.533. The Morgan fingerprint density at radius 1 is 1.20 bits per heavy atom. The zero-order valence-electron chi connectivity index (χ0n) is 12.1. The van der Waals surface area contributed by atoms with Crippen LogP contribution >= 0.6 is 0 Å². The first-order chi connectivity index (χ1) is 9.69. The number of nitrogens with zero attached hydrogens (tertiary/aromatic N) is 3. The van der Waals surface area contributed by atoms with E-state index in [0.717, 1.165) is 39.3 Å². The van der Waals surface area contributed by atoms with Gasteiger partial charge < -0.3 is 15.8 Å². The van der Waals surface area contributed by atoms with Gasteiger partial charge in [0.15, 0.2) is 0 Å². The van der Waals surface area contributed by atoms with Crippen LogP contribution in [0.3, 0.4) is 0 Å². The summed E-state index contributed by atoms with van der Waals surface area (Å²) in [4.78, 5) is 4.85. The van der Waals surface area contributed by atoms with Crippen molar-refractivity contribution in [1.29, 1.82) is 0 Å². The number of hydrogen-bond donors (Lipinski definition) is 2. The molecular weight excluding hydrogens is 252 g/mol. The standard InChI is InChI=1S/C15H24N4O/c1-13(15(16)17-20)11-18-7-9-19(10-8-18)12-14-5-3-2-4-6-14/h2-6,13,20H,7-12H2,1H3,(H2,16,17). The van der Waals surface area contributed by atoms with Crippen molar-refractivity contribution in [2.24, 2.45) is 16.8 Å². The zero-order chi connectivity index (χ0) is 14.4. The molecule has 2 rings (SSSR count). The summed E-state index contributed by atoms with van der Waals surface area (Å²) < 4.78 is 0. The van der Waals surface area contributed by atoms with Gasteiger partial charge in [-0.1, -0.05) is 42.4 Å². The topological polar surface area (TPSA) is 65.1 Å². The monoisotopic (exact) mass is 276 g/mol. The summed E-state index contributed by atoms with van der Waals surface area (Å²) in [5.41, 5.74) is 6.99. The van der Waals surface area contributed by atoms with E-state index in [1.807, 2.05) is 6.92 Å². The first-order valence-corrected chi connectivity index (χ1v) is 7.15. The Balaban J connectivity index is 1.75. The van der Waals surface area contributed by atoms with Gasteiger partial charge in [0.2, 0.25) is 0 Å². The molecule has 0 radical (unpaired) electrons. The summed E-state index contributed by atoms with van der Waals surface area (Å²) in [5, 5.41) is 11.8. The zero-order valence-corrected chi connectivity index (χ0v) is 12.1. The lowest BCUT2D eigenvalue weighted by molar-refractivity contribution is 0.121. The van der Waals surface area contributed by atoms with Crippen LogP contribution in [-0.4, -0.2) is 53.6 Å². The average molecular weight is 276 g/mol. The summed E-state index contributed by atoms with van der Waals surface area (Å²) in [6, 6.07) is 10.6. The Morgan fingerprint density at radius 3 is 2.40 bits per heavy atom. The van der Waals surface area contributed by atoms with Gasteiger partial charge in [-0.15, -0.1) is 0 Å². The Kier molecular flexibility index (Phi) is 5.38. The molecule has 0 spiro atoms. The Labute approximate surface area is 120 Å². The Hall–Kier alpha value is -1.59. The fourth-order valence-corrected chi connectivity index (χ4v) is 2.55. The van der Waals surface area contributed by atoms with Crippen molar-refractivity contribution >= 4 is 5.84 Å². The highest BCUT2D eigenvalue weighted by Gasteiger charge is 2.19. The van der Waals surface area contributed by atoms with E-state index in [9.17, 15) is 0 Å². The molecule has 1 aromatic rings. The second kappa shape index (κ2) is 7.26. The third-order valence-electron chi connectivity index (χ3n) is 3.87. The van der Waals surface area contributed by atoms with Gasteiger partial charge in [0.25, 0.3) is 0 Å². The highest BCUT2D eigenvalue weighted by molar-refractivity contribution is 5.82. The number of oxime groups is 1. The van der Waals surface area contributed by atoms with Crippen molar-refractivity contribution in [2.75, 3.05) is 32.7 Å². The Bertz CT molecular complexity index is 427. The van der Waals surface area contributed by atoms with Crippen LogP contribution in [0.5, 0.6) is 0 Å². The summed E-state index contributed by atoms with van der Waals surface area (Å²) in [6.45, 7) is 8.08. The molecule has 1 fully saturated rings. The molecule has 0 bridgehead atoms. The predicted molar refractivity (Wildman–Crippen MR) is 80.7 cm³/mol. The summed E-state index contributed by atoms with van der Waals surface area (Å²) in [5.74, 6) is 0.414. The first kappa shape index (κ1) is 14.8. The van der Waals surface area contributed by atoms with Crippen LogP contribution in [0.4, 0.5) is 0 Å². The molecular formula is C15H24N4O. The third-order valence-corrected chi connectivity index (χ3v) is 3.87. The van der Waals surface area contributed by atoms with Gasteiger partial charge in [0.05, 0.1) is 0 Å². The van der Waals surface area contributed by atoms with Crippen molar-refractivity contribution in [1.82, 2.24) is 9.80 Å². The van der Waals surface area contributed by atoms with Crippen LogP contribution < -0.4 is 5.73 Å². The first-order valence-electron chi connectivity index (χ1n) is 7.15. The van der Waals surface area contributed by atoms with Gasteiger partial charge >= 0.3 is 0 Å². The molecule has 1 aliphatic heterocycles. The summed E-state index contributed by atoms with van der Waals surface area (Å²) in [7, 11) is 0. The van der Waals surface area contributed by atoms with Crippen LogP contribution in [0.1, 0.15) is 12.5 Å². The van der Waals surface area contributed by atoms with Gasteiger partial charge in [0.1, 0.15) is 5.84 Å². The molecule has 0 aromatic heterocycles. The highest BCUT2D eigenvalue weighted by Crippen LogP contribution is 2.10. The number of benzene rings is 1. The molecule has 1 aliphatic rings. The minimum absolute atomic E-state index is 0.0978. The van der Waals surface area contributed by atoms with E-state index >= 15 is 0 Å².